The molecule has 0 fully saturated rings. The van der Waals surface area contributed by atoms with Gasteiger partial charge in [0.15, 0.2) is 0 Å². The number of allylic oxidation sites excluding steroid dienone is 1. The molecule has 9 heteroatoms. The summed E-state index contributed by atoms with van der Waals surface area (Å²) in [7, 11) is 0. The molecule has 2 heterocycles. The molecule has 0 saturated carbocycles. The number of nitrogens with zero attached hydrogens (tertiary/aromatic N) is 3. The van der Waals surface area contributed by atoms with Gasteiger partial charge in [-0.25, -0.2) is 9.07 Å². The predicted octanol–water partition coefficient (Wildman–Crippen LogP) is 5.15. The second kappa shape index (κ2) is 6.38. The van der Waals surface area contributed by atoms with Gasteiger partial charge in [-0.2, -0.15) is 18.2 Å². The second-order valence-corrected chi connectivity index (χ2v) is 6.35. The van der Waals surface area contributed by atoms with Gasteiger partial charge in [-0.05, 0) is 53.6 Å². The van der Waals surface area contributed by atoms with E-state index >= 15 is 0 Å². The van der Waals surface area contributed by atoms with Crippen LogP contribution in [0.4, 0.5) is 23.5 Å². The van der Waals surface area contributed by atoms with Gasteiger partial charge in [0.05, 0.1) is 0 Å². The van der Waals surface area contributed by atoms with E-state index in [4.69, 9.17) is 11.6 Å². The van der Waals surface area contributed by atoms with Crippen molar-refractivity contribution < 1.29 is 17.6 Å². The van der Waals surface area contributed by atoms with Crippen LogP contribution >= 0.6 is 11.6 Å². The van der Waals surface area contributed by atoms with Gasteiger partial charge in [-0.1, -0.05) is 23.7 Å². The van der Waals surface area contributed by atoms with Crippen molar-refractivity contribution in [1.29, 1.82) is 0 Å². The summed E-state index contributed by atoms with van der Waals surface area (Å²) in [5, 5.41) is 6.97. The van der Waals surface area contributed by atoms with E-state index in [1.54, 1.807) is 30.3 Å². The monoisotopic (exact) mass is 394 g/mol. The minimum Gasteiger partial charge on any atom is -0.324 e. The van der Waals surface area contributed by atoms with E-state index in [2.05, 4.69) is 15.4 Å². The number of rotatable bonds is 2. The zero-order chi connectivity index (χ0) is 19.2. The molecule has 0 aliphatic carbocycles. The Hall–Kier alpha value is -2.87. The zero-order valence-corrected chi connectivity index (χ0v) is 14.3. The molecule has 1 aliphatic rings. The lowest BCUT2D eigenvalue weighted by Gasteiger charge is -2.24. The molecule has 0 bridgehead atoms. The molecule has 4 rings (SSSR count). The first-order valence-corrected chi connectivity index (χ1v) is 8.23. The van der Waals surface area contributed by atoms with Crippen LogP contribution in [0.2, 0.25) is 5.02 Å². The first kappa shape index (κ1) is 17.5. The summed E-state index contributed by atoms with van der Waals surface area (Å²) in [5.41, 5.74) is 1.79. The number of nitrogens with one attached hydrogen (secondary N) is 1. The fourth-order valence-corrected chi connectivity index (χ4v) is 2.93. The Morgan fingerprint density at radius 3 is 2.30 bits per heavy atom. The van der Waals surface area contributed by atoms with Crippen LogP contribution in [-0.2, 0) is 6.18 Å². The Bertz CT molecular complexity index is 1010. The van der Waals surface area contributed by atoms with Crippen molar-refractivity contribution in [3.63, 3.8) is 0 Å². The fraction of sp³-hybridized carbons (Fsp3) is 0.111. The van der Waals surface area contributed by atoms with Crippen molar-refractivity contribution in [3.05, 3.63) is 82.4 Å². The van der Waals surface area contributed by atoms with Gasteiger partial charge in [-0.15, -0.1) is 5.10 Å². The van der Waals surface area contributed by atoms with Gasteiger partial charge < -0.3 is 5.32 Å². The molecule has 0 amide bonds. The van der Waals surface area contributed by atoms with E-state index in [1.165, 1.54) is 28.9 Å². The molecule has 4 nitrogen and oxygen atoms in total. The molecule has 0 saturated heterocycles. The summed E-state index contributed by atoms with van der Waals surface area (Å²) in [6, 6.07) is 11.7. The van der Waals surface area contributed by atoms with Crippen LogP contribution in [0.15, 0.2) is 54.6 Å². The summed E-state index contributed by atoms with van der Waals surface area (Å²) < 4.78 is 53.6. The van der Waals surface area contributed by atoms with Crippen LogP contribution < -0.4 is 5.32 Å². The molecule has 2 aromatic carbocycles. The summed E-state index contributed by atoms with van der Waals surface area (Å²) in [4.78, 5) is 3.58. The molecular weight excluding hydrogens is 384 g/mol. The average Bonchev–Trinajstić information content (AvgIpc) is 3.07. The lowest BCUT2D eigenvalue weighted by atomic mass is 10.0. The van der Waals surface area contributed by atoms with Gasteiger partial charge in [-0.3, -0.25) is 0 Å². The standard InChI is InChI=1S/C18H11ClF4N4/c19-12-5-1-11(2-6-12)15-9-14(10-3-7-13(20)8-4-10)24-17-25-16(18(21,22)23)26-27(15)17/h1-9,15H,(H,24,25,26)/t15-/m0/s1. The summed E-state index contributed by atoms with van der Waals surface area (Å²) in [5.74, 6) is -1.70. The Balaban J connectivity index is 1.83. The highest BCUT2D eigenvalue weighted by atomic mass is 35.5. The zero-order valence-electron chi connectivity index (χ0n) is 13.5. The van der Waals surface area contributed by atoms with E-state index in [9.17, 15) is 17.6 Å². The Kier molecular flexibility index (Phi) is 4.15. The number of hydrogen-bond donors (Lipinski definition) is 1. The summed E-state index contributed by atoms with van der Waals surface area (Å²) >= 11 is 5.91. The summed E-state index contributed by atoms with van der Waals surface area (Å²) in [6.45, 7) is 0. The minimum absolute atomic E-state index is 0.0518. The third kappa shape index (κ3) is 3.40. The molecule has 1 atom stereocenters. The molecule has 1 aliphatic heterocycles. The topological polar surface area (TPSA) is 42.7 Å². The number of benzene rings is 2. The highest BCUT2D eigenvalue weighted by molar-refractivity contribution is 6.30. The quantitative estimate of drug-likeness (QED) is 0.612. The van der Waals surface area contributed by atoms with E-state index < -0.39 is 23.9 Å². The number of hydrogen-bond acceptors (Lipinski definition) is 3. The number of anilines is 1. The van der Waals surface area contributed by atoms with Crippen LogP contribution in [0.3, 0.4) is 0 Å². The number of alkyl halides is 3. The fourth-order valence-electron chi connectivity index (χ4n) is 2.81. The molecule has 3 aromatic rings. The maximum absolute atomic E-state index is 13.2. The Morgan fingerprint density at radius 2 is 1.67 bits per heavy atom. The lowest BCUT2D eigenvalue weighted by molar-refractivity contribution is -0.145. The van der Waals surface area contributed by atoms with Gasteiger partial charge in [0, 0.05) is 10.7 Å². The lowest BCUT2D eigenvalue weighted by Crippen LogP contribution is -2.20. The summed E-state index contributed by atoms with van der Waals surface area (Å²) in [6.07, 6.45) is -2.97. The van der Waals surface area contributed by atoms with Crippen LogP contribution in [0.1, 0.15) is 23.0 Å². The Labute approximate surface area is 156 Å². The molecule has 0 spiro atoms. The van der Waals surface area contributed by atoms with E-state index in [0.717, 1.165) is 0 Å². The third-order valence-electron chi connectivity index (χ3n) is 4.09. The second-order valence-electron chi connectivity index (χ2n) is 5.91. The van der Waals surface area contributed by atoms with E-state index in [0.29, 0.717) is 21.8 Å². The molecular formula is C18H11ClF4N4. The van der Waals surface area contributed by atoms with Gasteiger partial charge in [0.1, 0.15) is 11.9 Å². The predicted molar refractivity (Wildman–Crippen MR) is 92.6 cm³/mol. The van der Waals surface area contributed by atoms with Crippen molar-refractivity contribution >= 4 is 23.2 Å². The largest absolute Gasteiger partial charge is 0.453 e. The maximum Gasteiger partial charge on any atom is 0.453 e. The van der Waals surface area contributed by atoms with Crippen molar-refractivity contribution in [1.82, 2.24) is 14.8 Å². The maximum atomic E-state index is 13.2. The molecule has 138 valence electrons. The van der Waals surface area contributed by atoms with Gasteiger partial charge in [0.25, 0.3) is 5.82 Å². The Morgan fingerprint density at radius 1 is 1.00 bits per heavy atom. The van der Waals surface area contributed by atoms with Crippen LogP contribution in [0.25, 0.3) is 5.70 Å². The first-order valence-electron chi connectivity index (χ1n) is 7.85. The van der Waals surface area contributed by atoms with Crippen LogP contribution in [-0.4, -0.2) is 14.8 Å². The molecule has 0 unspecified atom stereocenters. The van der Waals surface area contributed by atoms with Crippen molar-refractivity contribution in [2.24, 2.45) is 0 Å². The molecule has 27 heavy (non-hydrogen) atoms. The van der Waals surface area contributed by atoms with Crippen molar-refractivity contribution in [2.75, 3.05) is 5.32 Å². The van der Waals surface area contributed by atoms with E-state index in [-0.39, 0.29) is 5.95 Å². The molecule has 1 N–H and O–H groups in total. The van der Waals surface area contributed by atoms with Crippen LogP contribution in [0.5, 0.6) is 0 Å². The van der Waals surface area contributed by atoms with E-state index in [1.807, 2.05) is 0 Å². The minimum atomic E-state index is -4.67. The third-order valence-corrected chi connectivity index (χ3v) is 4.34. The van der Waals surface area contributed by atoms with Crippen molar-refractivity contribution in [3.8, 4) is 0 Å². The molecule has 0 radical (unpaired) electrons. The van der Waals surface area contributed by atoms with Crippen molar-refractivity contribution in [2.45, 2.75) is 12.2 Å². The number of aromatic nitrogens is 3. The number of fused-ring (bicyclic) bond motifs is 1. The van der Waals surface area contributed by atoms with Gasteiger partial charge >= 0.3 is 6.18 Å². The molecule has 1 aromatic heterocycles. The first-order chi connectivity index (χ1) is 12.8. The SMILES string of the molecule is Fc1ccc(C2=C[C@@H](c3ccc(Cl)cc3)n3nc(C(F)(F)F)nc3N2)cc1. The highest BCUT2D eigenvalue weighted by Gasteiger charge is 2.39. The van der Waals surface area contributed by atoms with Crippen LogP contribution in [0, 0.1) is 5.82 Å². The van der Waals surface area contributed by atoms with Gasteiger partial charge in [0.2, 0.25) is 5.95 Å². The smallest absolute Gasteiger partial charge is 0.324 e. The normalized spacial score (nSPS) is 16.5. The average molecular weight is 395 g/mol. The number of halogens is 5. The highest BCUT2D eigenvalue weighted by Crippen LogP contribution is 2.35.